The maximum atomic E-state index is 13.7. The first-order chi connectivity index (χ1) is 13.9. The number of halogens is 2. The standard InChI is InChI=1S/C19H18BrFN4O4/c1-2-22-18(27)19(28)25-23-10-12-4-3-5-14(8-12)29-11-17(26)24-16-7-6-13(20)9-15(16)21/h3-10H,2,11H2,1H3,(H,22,27)(H,24,26)(H,25,28)/b23-10-. The lowest BCUT2D eigenvalue weighted by Gasteiger charge is -2.09. The zero-order chi connectivity index (χ0) is 21.2. The number of hydrazone groups is 1. The number of amides is 3. The van der Waals surface area contributed by atoms with E-state index in [1.807, 2.05) is 0 Å². The molecule has 2 aromatic carbocycles. The van der Waals surface area contributed by atoms with E-state index in [1.165, 1.54) is 18.3 Å². The highest BCUT2D eigenvalue weighted by Crippen LogP contribution is 2.19. The number of likely N-dealkylation sites (N-methyl/N-ethyl adjacent to an activating group) is 1. The molecule has 152 valence electrons. The zero-order valence-corrected chi connectivity index (χ0v) is 17.0. The topological polar surface area (TPSA) is 109 Å². The second-order valence-corrected chi connectivity index (χ2v) is 6.51. The van der Waals surface area contributed by atoms with Crippen LogP contribution in [-0.4, -0.2) is 37.1 Å². The molecule has 0 bridgehead atoms. The summed E-state index contributed by atoms with van der Waals surface area (Å²) in [6.45, 7) is 1.69. The third-order valence-electron chi connectivity index (χ3n) is 3.36. The van der Waals surface area contributed by atoms with Crippen molar-refractivity contribution in [3.8, 4) is 5.75 Å². The van der Waals surface area contributed by atoms with E-state index in [4.69, 9.17) is 4.74 Å². The Morgan fingerprint density at radius 2 is 1.97 bits per heavy atom. The third-order valence-corrected chi connectivity index (χ3v) is 3.85. The van der Waals surface area contributed by atoms with Gasteiger partial charge in [0.25, 0.3) is 5.91 Å². The highest BCUT2D eigenvalue weighted by Gasteiger charge is 2.10. The van der Waals surface area contributed by atoms with Gasteiger partial charge in [0.1, 0.15) is 11.6 Å². The maximum absolute atomic E-state index is 13.7. The van der Waals surface area contributed by atoms with Crippen LogP contribution in [0.1, 0.15) is 12.5 Å². The van der Waals surface area contributed by atoms with E-state index in [0.29, 0.717) is 22.3 Å². The van der Waals surface area contributed by atoms with Crippen LogP contribution in [0.2, 0.25) is 0 Å². The fourth-order valence-corrected chi connectivity index (χ4v) is 2.40. The number of benzene rings is 2. The molecule has 2 aromatic rings. The number of rotatable bonds is 7. The molecule has 0 aliphatic rings. The van der Waals surface area contributed by atoms with Gasteiger partial charge >= 0.3 is 11.8 Å². The number of carbonyl (C=O) groups is 3. The summed E-state index contributed by atoms with van der Waals surface area (Å²) >= 11 is 3.14. The number of carbonyl (C=O) groups excluding carboxylic acids is 3. The molecule has 0 fully saturated rings. The minimum atomic E-state index is -0.882. The first-order valence-corrected chi connectivity index (χ1v) is 9.27. The number of ether oxygens (including phenoxy) is 1. The average Bonchev–Trinajstić information content (AvgIpc) is 2.69. The Balaban J connectivity index is 1.87. The number of hydrogen-bond donors (Lipinski definition) is 3. The minimum absolute atomic E-state index is 0.0468. The summed E-state index contributed by atoms with van der Waals surface area (Å²) in [5.41, 5.74) is 2.71. The summed E-state index contributed by atoms with van der Waals surface area (Å²) in [4.78, 5) is 34.6. The van der Waals surface area contributed by atoms with Gasteiger partial charge in [-0.05, 0) is 42.8 Å². The van der Waals surface area contributed by atoms with Crippen molar-refractivity contribution in [3.05, 3.63) is 58.3 Å². The Labute approximate surface area is 174 Å². The quantitative estimate of drug-likeness (QED) is 0.331. The van der Waals surface area contributed by atoms with Gasteiger partial charge in [-0.3, -0.25) is 14.4 Å². The van der Waals surface area contributed by atoms with Crippen LogP contribution >= 0.6 is 15.9 Å². The van der Waals surface area contributed by atoms with Crippen molar-refractivity contribution in [1.29, 1.82) is 0 Å². The Morgan fingerprint density at radius 1 is 1.17 bits per heavy atom. The lowest BCUT2D eigenvalue weighted by Crippen LogP contribution is -2.37. The largest absolute Gasteiger partial charge is 0.484 e. The van der Waals surface area contributed by atoms with Crippen LogP contribution in [0.15, 0.2) is 52.0 Å². The number of nitrogens with one attached hydrogen (secondary N) is 3. The summed E-state index contributed by atoms with van der Waals surface area (Å²) < 4.78 is 19.7. The Hall–Kier alpha value is -3.27. The van der Waals surface area contributed by atoms with E-state index in [2.05, 4.69) is 37.1 Å². The van der Waals surface area contributed by atoms with Crippen LogP contribution in [0.25, 0.3) is 0 Å². The zero-order valence-electron chi connectivity index (χ0n) is 15.4. The van der Waals surface area contributed by atoms with Crippen LogP contribution in [0.5, 0.6) is 5.75 Å². The molecule has 0 spiro atoms. The van der Waals surface area contributed by atoms with Gasteiger partial charge in [-0.15, -0.1) is 0 Å². The van der Waals surface area contributed by atoms with Gasteiger partial charge < -0.3 is 15.4 Å². The predicted octanol–water partition coefficient (Wildman–Crippen LogP) is 2.19. The van der Waals surface area contributed by atoms with Gasteiger partial charge in [0, 0.05) is 11.0 Å². The van der Waals surface area contributed by atoms with Gasteiger partial charge in [-0.2, -0.15) is 5.10 Å². The second kappa shape index (κ2) is 10.9. The van der Waals surface area contributed by atoms with Crippen LogP contribution in [-0.2, 0) is 14.4 Å². The summed E-state index contributed by atoms with van der Waals surface area (Å²) in [6.07, 6.45) is 1.32. The fourth-order valence-electron chi connectivity index (χ4n) is 2.07. The van der Waals surface area contributed by atoms with E-state index in [9.17, 15) is 18.8 Å². The molecule has 0 aromatic heterocycles. The van der Waals surface area contributed by atoms with Crippen LogP contribution in [0.4, 0.5) is 10.1 Å². The van der Waals surface area contributed by atoms with Gasteiger partial charge in [0.15, 0.2) is 6.61 Å². The molecular weight excluding hydrogens is 447 g/mol. The molecule has 0 radical (unpaired) electrons. The predicted molar refractivity (Wildman–Crippen MR) is 109 cm³/mol. The molecule has 10 heteroatoms. The normalized spacial score (nSPS) is 10.4. The summed E-state index contributed by atoms with van der Waals surface area (Å²) in [5.74, 6) is -2.39. The van der Waals surface area contributed by atoms with Crippen molar-refractivity contribution >= 4 is 45.6 Å². The van der Waals surface area contributed by atoms with Crippen molar-refractivity contribution in [2.45, 2.75) is 6.92 Å². The first kappa shape index (κ1) is 22.0. The minimum Gasteiger partial charge on any atom is -0.484 e. The molecule has 3 amide bonds. The summed E-state index contributed by atoms with van der Waals surface area (Å²) in [7, 11) is 0. The summed E-state index contributed by atoms with van der Waals surface area (Å²) in [5, 5.41) is 8.45. The molecule has 29 heavy (non-hydrogen) atoms. The van der Waals surface area contributed by atoms with E-state index >= 15 is 0 Å². The third kappa shape index (κ3) is 7.34. The van der Waals surface area contributed by atoms with Gasteiger partial charge in [0.05, 0.1) is 11.9 Å². The van der Waals surface area contributed by atoms with Crippen molar-refractivity contribution in [3.63, 3.8) is 0 Å². The fraction of sp³-hybridized carbons (Fsp3) is 0.158. The smallest absolute Gasteiger partial charge is 0.329 e. The van der Waals surface area contributed by atoms with Gasteiger partial charge in [0.2, 0.25) is 0 Å². The molecule has 3 N–H and O–H groups in total. The van der Waals surface area contributed by atoms with Gasteiger partial charge in [-0.1, -0.05) is 28.1 Å². The Kier molecular flexibility index (Phi) is 8.28. The number of hydrogen-bond acceptors (Lipinski definition) is 5. The molecule has 0 saturated heterocycles. The van der Waals surface area contributed by atoms with Crippen LogP contribution < -0.4 is 20.8 Å². The summed E-state index contributed by atoms with van der Waals surface area (Å²) in [6, 6.07) is 10.8. The molecule has 8 nitrogen and oxygen atoms in total. The van der Waals surface area contributed by atoms with Crippen molar-refractivity contribution in [2.24, 2.45) is 5.10 Å². The molecule has 0 atom stereocenters. The number of anilines is 1. The Morgan fingerprint density at radius 3 is 2.69 bits per heavy atom. The van der Waals surface area contributed by atoms with E-state index < -0.39 is 23.5 Å². The van der Waals surface area contributed by atoms with E-state index in [-0.39, 0.29) is 12.3 Å². The molecule has 0 unspecified atom stereocenters. The van der Waals surface area contributed by atoms with Crippen LogP contribution in [0, 0.1) is 5.82 Å². The van der Waals surface area contributed by atoms with E-state index in [0.717, 1.165) is 0 Å². The van der Waals surface area contributed by atoms with E-state index in [1.54, 1.807) is 37.3 Å². The first-order valence-electron chi connectivity index (χ1n) is 8.48. The highest BCUT2D eigenvalue weighted by atomic mass is 79.9. The Bertz CT molecular complexity index is 936. The average molecular weight is 465 g/mol. The molecule has 0 heterocycles. The lowest BCUT2D eigenvalue weighted by atomic mass is 10.2. The van der Waals surface area contributed by atoms with Gasteiger partial charge in [-0.25, -0.2) is 9.82 Å². The molecule has 0 saturated carbocycles. The molecule has 0 aliphatic heterocycles. The molecular formula is C19H18BrFN4O4. The second-order valence-electron chi connectivity index (χ2n) is 5.59. The van der Waals surface area contributed by atoms with Crippen molar-refractivity contribution in [1.82, 2.24) is 10.7 Å². The van der Waals surface area contributed by atoms with Crippen LogP contribution in [0.3, 0.4) is 0 Å². The number of nitrogens with zero attached hydrogens (tertiary/aromatic N) is 1. The monoisotopic (exact) mass is 464 g/mol. The molecule has 0 aliphatic carbocycles. The molecule has 2 rings (SSSR count). The SMILES string of the molecule is CCNC(=O)C(=O)N/N=C\c1cccc(OCC(=O)Nc2ccc(Br)cc2F)c1. The van der Waals surface area contributed by atoms with Crippen molar-refractivity contribution < 1.29 is 23.5 Å². The van der Waals surface area contributed by atoms with Crippen molar-refractivity contribution in [2.75, 3.05) is 18.5 Å². The lowest BCUT2D eigenvalue weighted by molar-refractivity contribution is -0.139. The highest BCUT2D eigenvalue weighted by molar-refractivity contribution is 9.10. The maximum Gasteiger partial charge on any atom is 0.329 e.